The van der Waals surface area contributed by atoms with Gasteiger partial charge in [-0.3, -0.25) is 14.3 Å². The van der Waals surface area contributed by atoms with Crippen LogP contribution >= 0.6 is 23.2 Å². The zero-order chi connectivity index (χ0) is 20.3. The molecule has 2 N–H and O–H groups in total. The Bertz CT molecular complexity index is 1010. The number of methoxy groups -OCH3 is 1. The third-order valence-corrected chi connectivity index (χ3v) is 4.19. The summed E-state index contributed by atoms with van der Waals surface area (Å²) in [5.74, 6) is -0.461. The molecule has 0 unspecified atom stereocenters. The molecule has 0 saturated carbocycles. The summed E-state index contributed by atoms with van der Waals surface area (Å²) < 4.78 is 6.57. The molecule has 0 spiro atoms. The Morgan fingerprint density at radius 1 is 0.964 bits per heavy atom. The highest BCUT2D eigenvalue weighted by Gasteiger charge is 2.16. The first-order valence-electron chi connectivity index (χ1n) is 8.12. The smallest absolute Gasteiger partial charge is 0.262 e. The van der Waals surface area contributed by atoms with Gasteiger partial charge in [0.25, 0.3) is 11.8 Å². The van der Waals surface area contributed by atoms with E-state index in [1.807, 2.05) is 0 Å². The molecule has 0 aliphatic carbocycles. The van der Waals surface area contributed by atoms with Crippen molar-refractivity contribution >= 4 is 46.4 Å². The second kappa shape index (κ2) is 8.33. The van der Waals surface area contributed by atoms with Crippen molar-refractivity contribution in [2.45, 2.75) is 0 Å². The predicted octanol–water partition coefficient (Wildman–Crippen LogP) is 4.24. The average molecular weight is 419 g/mol. The van der Waals surface area contributed by atoms with Gasteiger partial charge in [-0.15, -0.1) is 5.10 Å². The number of hydrogen-bond donors (Lipinski definition) is 2. The Morgan fingerprint density at radius 3 is 2.18 bits per heavy atom. The molecule has 2 aromatic carbocycles. The molecular formula is C19H16Cl2N4O3. The van der Waals surface area contributed by atoms with Gasteiger partial charge in [0.1, 0.15) is 5.56 Å². The fraction of sp³-hybridized carbons (Fsp3) is 0.105. The Kier molecular flexibility index (Phi) is 5.87. The van der Waals surface area contributed by atoms with Gasteiger partial charge in [0.15, 0.2) is 0 Å². The zero-order valence-corrected chi connectivity index (χ0v) is 16.5. The largest absolute Gasteiger partial charge is 0.479 e. The normalized spacial score (nSPS) is 10.4. The maximum Gasteiger partial charge on any atom is 0.262 e. The number of aryl methyl sites for hydroxylation is 1. The summed E-state index contributed by atoms with van der Waals surface area (Å²) >= 11 is 11.9. The van der Waals surface area contributed by atoms with Crippen LogP contribution < -0.4 is 15.4 Å². The van der Waals surface area contributed by atoms with E-state index in [0.29, 0.717) is 32.5 Å². The Labute approximate surface area is 171 Å². The van der Waals surface area contributed by atoms with Gasteiger partial charge in [-0.05, 0) is 42.5 Å². The maximum absolute atomic E-state index is 12.4. The number of nitrogens with one attached hydrogen (secondary N) is 2. The van der Waals surface area contributed by atoms with Gasteiger partial charge in [-0.1, -0.05) is 23.2 Å². The minimum atomic E-state index is -0.365. The lowest BCUT2D eigenvalue weighted by Gasteiger charge is -2.08. The van der Waals surface area contributed by atoms with Crippen LogP contribution in [0, 0.1) is 0 Å². The van der Waals surface area contributed by atoms with Crippen LogP contribution in [0.1, 0.15) is 20.7 Å². The molecular weight excluding hydrogens is 403 g/mol. The number of carbonyl (C=O) groups excluding carboxylic acids is 2. The van der Waals surface area contributed by atoms with Gasteiger partial charge >= 0.3 is 0 Å². The second-order valence-corrected chi connectivity index (χ2v) is 6.74. The fourth-order valence-corrected chi connectivity index (χ4v) is 3.03. The highest BCUT2D eigenvalue weighted by atomic mass is 35.5. The molecule has 2 amide bonds. The van der Waals surface area contributed by atoms with E-state index < -0.39 is 0 Å². The van der Waals surface area contributed by atoms with Crippen LogP contribution in [0.4, 0.5) is 11.4 Å². The van der Waals surface area contributed by atoms with Crippen molar-refractivity contribution in [1.82, 2.24) is 9.78 Å². The monoisotopic (exact) mass is 418 g/mol. The van der Waals surface area contributed by atoms with Crippen LogP contribution in [0.3, 0.4) is 0 Å². The third-order valence-electron chi connectivity index (χ3n) is 3.76. The minimum absolute atomic E-state index is 0.233. The lowest BCUT2D eigenvalue weighted by atomic mass is 10.2. The van der Waals surface area contributed by atoms with Crippen LogP contribution in [0.5, 0.6) is 5.88 Å². The van der Waals surface area contributed by atoms with E-state index in [-0.39, 0.29) is 17.7 Å². The van der Waals surface area contributed by atoms with Crippen molar-refractivity contribution in [3.63, 3.8) is 0 Å². The number of anilines is 2. The molecule has 0 saturated heterocycles. The molecule has 0 aliphatic rings. The van der Waals surface area contributed by atoms with Gasteiger partial charge < -0.3 is 15.4 Å². The zero-order valence-electron chi connectivity index (χ0n) is 15.0. The molecule has 0 radical (unpaired) electrons. The Hall–Kier alpha value is -3.03. The number of benzene rings is 2. The summed E-state index contributed by atoms with van der Waals surface area (Å²) in [6.45, 7) is 0. The maximum atomic E-state index is 12.4. The van der Waals surface area contributed by atoms with Crippen molar-refractivity contribution in [1.29, 1.82) is 0 Å². The molecule has 9 heteroatoms. The number of carbonyl (C=O) groups is 2. The van der Waals surface area contributed by atoms with Gasteiger partial charge in [-0.2, -0.15) is 0 Å². The first kappa shape index (κ1) is 19.7. The van der Waals surface area contributed by atoms with E-state index in [0.717, 1.165) is 0 Å². The number of amides is 2. The van der Waals surface area contributed by atoms with Crippen molar-refractivity contribution in [2.24, 2.45) is 7.05 Å². The molecule has 0 atom stereocenters. The second-order valence-electron chi connectivity index (χ2n) is 5.87. The number of nitrogens with zero attached hydrogens (tertiary/aromatic N) is 2. The summed E-state index contributed by atoms with van der Waals surface area (Å²) in [5, 5.41) is 10.3. The highest BCUT2D eigenvalue weighted by Crippen LogP contribution is 2.23. The lowest BCUT2D eigenvalue weighted by molar-refractivity contribution is 0.101. The topological polar surface area (TPSA) is 85.2 Å². The number of hydrogen-bond acceptors (Lipinski definition) is 4. The van der Waals surface area contributed by atoms with Crippen LogP contribution in [-0.4, -0.2) is 28.7 Å². The van der Waals surface area contributed by atoms with Gasteiger partial charge in [0.05, 0.1) is 7.11 Å². The summed E-state index contributed by atoms with van der Waals surface area (Å²) in [4.78, 5) is 24.7. The standard InChI is InChI=1S/C19H16Cl2N4O3/c1-25-10-16(19(24-25)28-2)18(27)22-14-5-3-11(4-6-14)17(26)23-15-8-12(20)7-13(21)9-15/h3-10H,1-2H3,(H,22,27)(H,23,26). The van der Waals surface area contributed by atoms with Crippen molar-refractivity contribution in [3.8, 4) is 5.88 Å². The van der Waals surface area contributed by atoms with E-state index in [1.165, 1.54) is 11.8 Å². The quantitative estimate of drug-likeness (QED) is 0.648. The van der Waals surface area contributed by atoms with E-state index in [4.69, 9.17) is 27.9 Å². The summed E-state index contributed by atoms with van der Waals surface area (Å²) in [6, 6.07) is 11.2. The van der Waals surface area contributed by atoms with Crippen molar-refractivity contribution in [2.75, 3.05) is 17.7 Å². The summed E-state index contributed by atoms with van der Waals surface area (Å²) in [7, 11) is 3.14. The minimum Gasteiger partial charge on any atom is -0.479 e. The van der Waals surface area contributed by atoms with Crippen molar-refractivity contribution in [3.05, 3.63) is 69.8 Å². The lowest BCUT2D eigenvalue weighted by Crippen LogP contribution is -2.14. The molecule has 0 bridgehead atoms. The van der Waals surface area contributed by atoms with Gasteiger partial charge in [-0.25, -0.2) is 0 Å². The van der Waals surface area contributed by atoms with Gasteiger partial charge in [0, 0.05) is 40.2 Å². The fourth-order valence-electron chi connectivity index (χ4n) is 2.51. The van der Waals surface area contributed by atoms with E-state index in [1.54, 1.807) is 55.7 Å². The van der Waals surface area contributed by atoms with Crippen LogP contribution in [-0.2, 0) is 7.05 Å². The van der Waals surface area contributed by atoms with Crippen LogP contribution in [0.15, 0.2) is 48.7 Å². The first-order valence-corrected chi connectivity index (χ1v) is 8.88. The van der Waals surface area contributed by atoms with E-state index in [2.05, 4.69) is 15.7 Å². The molecule has 3 aromatic rings. The molecule has 28 heavy (non-hydrogen) atoms. The molecule has 0 fully saturated rings. The molecule has 7 nitrogen and oxygen atoms in total. The van der Waals surface area contributed by atoms with Crippen LogP contribution in [0.25, 0.3) is 0 Å². The highest BCUT2D eigenvalue weighted by molar-refractivity contribution is 6.35. The number of rotatable bonds is 5. The predicted molar refractivity (Wildman–Crippen MR) is 109 cm³/mol. The molecule has 1 aromatic heterocycles. The van der Waals surface area contributed by atoms with E-state index >= 15 is 0 Å². The summed E-state index contributed by atoms with van der Waals surface area (Å²) in [6.07, 6.45) is 1.56. The Balaban J connectivity index is 1.69. The first-order chi connectivity index (χ1) is 13.4. The van der Waals surface area contributed by atoms with Crippen molar-refractivity contribution < 1.29 is 14.3 Å². The molecule has 3 rings (SSSR count). The molecule has 1 heterocycles. The average Bonchev–Trinajstić information content (AvgIpc) is 3.02. The number of ether oxygens (including phenoxy) is 1. The molecule has 144 valence electrons. The molecule has 0 aliphatic heterocycles. The van der Waals surface area contributed by atoms with Crippen LogP contribution in [0.2, 0.25) is 10.0 Å². The Morgan fingerprint density at radius 2 is 1.57 bits per heavy atom. The number of halogens is 2. The SMILES string of the molecule is COc1nn(C)cc1C(=O)Nc1ccc(C(=O)Nc2cc(Cl)cc(Cl)c2)cc1. The van der Waals surface area contributed by atoms with Gasteiger partial charge in [0.2, 0.25) is 5.88 Å². The summed E-state index contributed by atoms with van der Waals surface area (Å²) in [5.41, 5.74) is 1.74. The third kappa shape index (κ3) is 4.62. The number of aromatic nitrogens is 2. The van der Waals surface area contributed by atoms with E-state index in [9.17, 15) is 9.59 Å².